The van der Waals surface area contributed by atoms with Crippen LogP contribution in [0, 0.1) is 0 Å². The molecule has 1 aromatic rings. The minimum atomic E-state index is -3.79. The highest BCUT2D eigenvalue weighted by molar-refractivity contribution is 7.92. The van der Waals surface area contributed by atoms with E-state index in [1.165, 1.54) is 12.1 Å². The van der Waals surface area contributed by atoms with Crippen LogP contribution < -0.4 is 10.5 Å². The summed E-state index contributed by atoms with van der Waals surface area (Å²) in [6.45, 7) is 0.105. The van der Waals surface area contributed by atoms with Crippen LogP contribution in [0.5, 0.6) is 0 Å². The van der Waals surface area contributed by atoms with Gasteiger partial charge in [0.1, 0.15) is 0 Å². The number of benzene rings is 1. The SMILES string of the molecule is NCc1ccc(S(=O)(=O)NCC2CCCS2(=O)=O)cc1Cl. The van der Waals surface area contributed by atoms with Gasteiger partial charge in [0.05, 0.1) is 15.9 Å². The van der Waals surface area contributed by atoms with Crippen molar-refractivity contribution in [1.29, 1.82) is 0 Å². The second kappa shape index (κ2) is 6.21. The van der Waals surface area contributed by atoms with Crippen molar-refractivity contribution in [2.75, 3.05) is 12.3 Å². The molecule has 0 radical (unpaired) electrons. The zero-order valence-corrected chi connectivity index (χ0v) is 13.6. The number of hydrogen-bond donors (Lipinski definition) is 2. The number of halogens is 1. The van der Waals surface area contributed by atoms with Gasteiger partial charge in [0.25, 0.3) is 0 Å². The minimum Gasteiger partial charge on any atom is -0.326 e. The summed E-state index contributed by atoms with van der Waals surface area (Å²) in [5.74, 6) is 0.121. The number of sulfonamides is 1. The van der Waals surface area contributed by atoms with Gasteiger partial charge in [-0.2, -0.15) is 0 Å². The molecular weight excluding hydrogens is 336 g/mol. The lowest BCUT2D eigenvalue weighted by Crippen LogP contribution is -2.34. The number of nitrogens with two attached hydrogens (primary N) is 1. The maximum absolute atomic E-state index is 12.2. The topological polar surface area (TPSA) is 106 Å². The predicted molar refractivity (Wildman–Crippen MR) is 81.3 cm³/mol. The smallest absolute Gasteiger partial charge is 0.240 e. The first-order valence-corrected chi connectivity index (χ1v) is 10.0. The number of rotatable bonds is 5. The fraction of sp³-hybridized carbons (Fsp3) is 0.500. The third-order valence-electron chi connectivity index (χ3n) is 3.52. The van der Waals surface area contributed by atoms with Crippen molar-refractivity contribution in [3.05, 3.63) is 28.8 Å². The summed E-state index contributed by atoms with van der Waals surface area (Å²) < 4.78 is 50.0. The van der Waals surface area contributed by atoms with Gasteiger partial charge in [-0.3, -0.25) is 0 Å². The van der Waals surface area contributed by atoms with E-state index in [4.69, 9.17) is 17.3 Å². The zero-order chi connectivity index (χ0) is 15.7. The summed E-state index contributed by atoms with van der Waals surface area (Å²) in [5.41, 5.74) is 6.11. The summed E-state index contributed by atoms with van der Waals surface area (Å²) >= 11 is 5.94. The van der Waals surface area contributed by atoms with Crippen molar-refractivity contribution >= 4 is 31.5 Å². The standard InChI is InChI=1S/C12H17ClN2O4S2/c13-12-6-10(4-3-9(12)7-14)21(18,19)15-8-11-2-1-5-20(11,16)17/h3-4,6,11,15H,1-2,5,7-8,14H2. The molecule has 1 aliphatic rings. The van der Waals surface area contributed by atoms with E-state index >= 15 is 0 Å². The molecule has 6 nitrogen and oxygen atoms in total. The first-order valence-electron chi connectivity index (χ1n) is 6.46. The van der Waals surface area contributed by atoms with Crippen LogP contribution >= 0.6 is 11.6 Å². The first kappa shape index (κ1) is 16.7. The van der Waals surface area contributed by atoms with Crippen LogP contribution in [0.3, 0.4) is 0 Å². The molecule has 0 aliphatic carbocycles. The highest BCUT2D eigenvalue weighted by Crippen LogP contribution is 2.22. The number of hydrogen-bond acceptors (Lipinski definition) is 5. The summed E-state index contributed by atoms with van der Waals surface area (Å²) in [6.07, 6.45) is 1.06. The Balaban J connectivity index is 2.14. The Kier molecular flexibility index (Phi) is 4.94. The molecule has 1 fully saturated rings. The van der Waals surface area contributed by atoms with E-state index < -0.39 is 25.1 Å². The molecule has 1 unspecified atom stereocenters. The Morgan fingerprint density at radius 1 is 1.38 bits per heavy atom. The molecule has 0 bridgehead atoms. The third kappa shape index (κ3) is 3.75. The molecular formula is C12H17ClN2O4S2. The predicted octanol–water partition coefficient (Wildman–Crippen LogP) is 0.654. The fourth-order valence-corrected chi connectivity index (χ4v) is 5.53. The molecule has 2 rings (SSSR count). The Bertz CT molecular complexity index is 732. The van der Waals surface area contributed by atoms with Gasteiger partial charge in [0.15, 0.2) is 9.84 Å². The highest BCUT2D eigenvalue weighted by Gasteiger charge is 2.32. The number of sulfone groups is 1. The van der Waals surface area contributed by atoms with E-state index in [0.29, 0.717) is 18.4 Å². The van der Waals surface area contributed by atoms with Gasteiger partial charge in [-0.05, 0) is 30.5 Å². The largest absolute Gasteiger partial charge is 0.326 e. The lowest BCUT2D eigenvalue weighted by molar-refractivity contribution is 0.571. The Morgan fingerprint density at radius 2 is 2.10 bits per heavy atom. The molecule has 0 amide bonds. The second-order valence-corrected chi connectivity index (χ2v) is 9.52. The highest BCUT2D eigenvalue weighted by atomic mass is 35.5. The average molecular weight is 353 g/mol. The van der Waals surface area contributed by atoms with Crippen LogP contribution in [0.25, 0.3) is 0 Å². The molecule has 118 valence electrons. The first-order chi connectivity index (χ1) is 9.76. The van der Waals surface area contributed by atoms with Crippen LogP contribution in [0.2, 0.25) is 5.02 Å². The number of nitrogens with one attached hydrogen (secondary N) is 1. The van der Waals surface area contributed by atoms with Gasteiger partial charge in [-0.1, -0.05) is 17.7 Å². The lowest BCUT2D eigenvalue weighted by atomic mass is 10.2. The van der Waals surface area contributed by atoms with Gasteiger partial charge >= 0.3 is 0 Å². The molecule has 1 aliphatic heterocycles. The monoisotopic (exact) mass is 352 g/mol. The van der Waals surface area contributed by atoms with Crippen molar-refractivity contribution in [3.63, 3.8) is 0 Å². The molecule has 3 N–H and O–H groups in total. The average Bonchev–Trinajstić information content (AvgIpc) is 2.75. The molecule has 9 heteroatoms. The summed E-state index contributed by atoms with van der Waals surface area (Å²) in [5, 5.41) is -0.375. The molecule has 1 aromatic carbocycles. The van der Waals surface area contributed by atoms with E-state index in [9.17, 15) is 16.8 Å². The fourth-order valence-electron chi connectivity index (χ4n) is 2.23. The summed E-state index contributed by atoms with van der Waals surface area (Å²) in [6, 6.07) is 4.26. The van der Waals surface area contributed by atoms with E-state index in [0.717, 1.165) is 0 Å². The molecule has 1 atom stereocenters. The van der Waals surface area contributed by atoms with Crippen molar-refractivity contribution in [2.24, 2.45) is 5.73 Å². The molecule has 1 saturated heterocycles. The quantitative estimate of drug-likeness (QED) is 0.809. The van der Waals surface area contributed by atoms with Crippen molar-refractivity contribution in [3.8, 4) is 0 Å². The van der Waals surface area contributed by atoms with Crippen LogP contribution in [0.1, 0.15) is 18.4 Å². The Morgan fingerprint density at radius 3 is 2.62 bits per heavy atom. The maximum atomic E-state index is 12.2. The molecule has 21 heavy (non-hydrogen) atoms. The Labute approximate surface area is 129 Å². The lowest BCUT2D eigenvalue weighted by Gasteiger charge is -2.12. The van der Waals surface area contributed by atoms with E-state index in [1.807, 2.05) is 0 Å². The van der Waals surface area contributed by atoms with Gasteiger partial charge in [0.2, 0.25) is 10.0 Å². The Hall–Kier alpha value is -0.670. The van der Waals surface area contributed by atoms with Crippen molar-refractivity contribution in [1.82, 2.24) is 4.72 Å². The maximum Gasteiger partial charge on any atom is 0.240 e. The van der Waals surface area contributed by atoms with Crippen LogP contribution in [0.15, 0.2) is 23.1 Å². The van der Waals surface area contributed by atoms with Gasteiger partial charge < -0.3 is 5.73 Å². The van der Waals surface area contributed by atoms with Crippen molar-refractivity contribution in [2.45, 2.75) is 29.5 Å². The van der Waals surface area contributed by atoms with Crippen molar-refractivity contribution < 1.29 is 16.8 Å². The van der Waals surface area contributed by atoms with Gasteiger partial charge in [0, 0.05) is 18.1 Å². The summed E-state index contributed by atoms with van der Waals surface area (Å²) in [7, 11) is -6.97. The molecule has 1 heterocycles. The molecule has 0 saturated carbocycles. The van der Waals surface area contributed by atoms with E-state index in [-0.39, 0.29) is 28.8 Å². The molecule has 0 aromatic heterocycles. The van der Waals surface area contributed by atoms with E-state index in [1.54, 1.807) is 6.07 Å². The van der Waals surface area contributed by atoms with Crippen LogP contribution in [-0.4, -0.2) is 34.4 Å². The van der Waals surface area contributed by atoms with Crippen LogP contribution in [0.4, 0.5) is 0 Å². The van der Waals surface area contributed by atoms with Gasteiger partial charge in [-0.15, -0.1) is 0 Å². The summed E-state index contributed by atoms with van der Waals surface area (Å²) in [4.78, 5) is 0.0000879. The van der Waals surface area contributed by atoms with E-state index in [2.05, 4.69) is 4.72 Å². The normalized spacial score (nSPS) is 21.5. The van der Waals surface area contributed by atoms with Crippen LogP contribution in [-0.2, 0) is 26.4 Å². The minimum absolute atomic E-state index is 0.0000879. The molecule has 0 spiro atoms. The second-order valence-electron chi connectivity index (χ2n) is 4.94. The zero-order valence-electron chi connectivity index (χ0n) is 11.2. The van der Waals surface area contributed by atoms with Gasteiger partial charge in [-0.25, -0.2) is 21.6 Å². The third-order valence-corrected chi connectivity index (χ3v) is 7.57.